The summed E-state index contributed by atoms with van der Waals surface area (Å²) in [6, 6.07) is 14.6. The molecule has 0 saturated heterocycles. The van der Waals surface area contributed by atoms with Gasteiger partial charge in [-0.05, 0) is 48.6 Å². The maximum absolute atomic E-state index is 3.64. The van der Waals surface area contributed by atoms with Crippen molar-refractivity contribution in [3.63, 3.8) is 0 Å². The molecule has 0 atom stereocenters. The molecular formula is C34H67NRhTa. The predicted molar refractivity (Wildman–Crippen MR) is 168 cm³/mol. The van der Waals surface area contributed by atoms with Crippen LogP contribution in [0.2, 0.25) is 0 Å². The molecule has 0 fully saturated rings. The zero-order chi connectivity index (χ0) is 27.8. The molecule has 1 aromatic heterocycles. The van der Waals surface area contributed by atoms with Gasteiger partial charge in [0.15, 0.2) is 0 Å². The number of hydrogen-bond acceptors (Lipinski definition) is 0. The monoisotopic (exact) mass is 773 g/mol. The first-order chi connectivity index (χ1) is 16.4. The first kappa shape index (κ1) is 56.7. The van der Waals surface area contributed by atoms with E-state index in [0.717, 1.165) is 11.8 Å². The van der Waals surface area contributed by atoms with Gasteiger partial charge in [-0.25, -0.2) is 0 Å². The first-order valence-corrected chi connectivity index (χ1v) is 14.0. The minimum atomic E-state index is 0. The Hall–Kier alpha value is -0.396. The molecule has 0 N–H and O–H groups in total. The van der Waals surface area contributed by atoms with Gasteiger partial charge < -0.3 is 18.9 Å². The molecule has 0 bridgehead atoms. The van der Waals surface area contributed by atoms with E-state index in [1.165, 1.54) is 32.1 Å². The Labute approximate surface area is 266 Å². The zero-order valence-electron chi connectivity index (χ0n) is 27.5. The van der Waals surface area contributed by atoms with Gasteiger partial charge in [-0.3, -0.25) is 0 Å². The summed E-state index contributed by atoms with van der Waals surface area (Å²) < 4.78 is 1.75. The van der Waals surface area contributed by atoms with Crippen LogP contribution in [-0.2, 0) is 54.7 Å². The van der Waals surface area contributed by atoms with Crippen LogP contribution in [0, 0.1) is 33.2 Å². The van der Waals surface area contributed by atoms with E-state index in [2.05, 4.69) is 79.8 Å². The number of pyridine rings is 1. The van der Waals surface area contributed by atoms with Gasteiger partial charge in [-0.15, -0.1) is 0 Å². The Morgan fingerprint density at radius 1 is 0.676 bits per heavy atom. The average Bonchev–Trinajstić information content (AvgIpc) is 2.90. The van der Waals surface area contributed by atoms with Crippen LogP contribution in [0.25, 0.3) is 0 Å². The summed E-state index contributed by atoms with van der Waals surface area (Å²) in [6.07, 6.45) is 10.4. The SMILES string of the molecule is CC.CC.CC.CC(C)C(C)C.CCC.[CH2-]C.[CH2-][n+]1ccccc1.[CH3-].[Rh].[Ta+2].c1ccc2c(c1)CCCC2. The van der Waals surface area contributed by atoms with Gasteiger partial charge in [0.25, 0.3) is 0 Å². The van der Waals surface area contributed by atoms with E-state index in [-0.39, 0.29) is 49.3 Å². The molecule has 3 rings (SSSR count). The standard InChI is InChI=1S/C10H12.C6H7N.C6H14.C3H8.3C2H6.C2H5.CH3.Rh.Ta/c1-2-6-10-8-4-3-7-9(10)5-1;1-7-5-3-2-4-6-7;1-5(2)6(3)4;1-3-2;4*1-2;;;/h1-2,5-6H,3-4,7-8H2;2-6H,1H2;5-6H,1-4H3;3H2,1-2H3;3*1-2H3;1H2,2H3;1H3;;/q;;;;;;;2*-1;;+2. The maximum atomic E-state index is 3.64. The summed E-state index contributed by atoms with van der Waals surface area (Å²) in [5.74, 6) is 1.70. The Kier molecular flexibility index (Phi) is 79.9. The normalized spacial score (nSPS) is 8.97. The van der Waals surface area contributed by atoms with Gasteiger partial charge in [0.2, 0.25) is 0 Å². The van der Waals surface area contributed by atoms with Crippen LogP contribution in [0.1, 0.15) is 120 Å². The Bertz CT molecular complexity index is 526. The summed E-state index contributed by atoms with van der Waals surface area (Å²) in [6.45, 7) is 30.2. The van der Waals surface area contributed by atoms with Crippen molar-refractivity contribution in [2.45, 2.75) is 122 Å². The zero-order valence-corrected chi connectivity index (χ0v) is 32.4. The van der Waals surface area contributed by atoms with E-state index in [1.807, 2.05) is 72.1 Å². The molecular weight excluding hydrogens is 706 g/mol. The summed E-state index contributed by atoms with van der Waals surface area (Å²) in [5.41, 5.74) is 3.16. The second-order valence-electron chi connectivity index (χ2n) is 7.56. The molecule has 0 spiro atoms. The Morgan fingerprint density at radius 3 is 1.14 bits per heavy atom. The number of rotatable bonds is 1. The Morgan fingerprint density at radius 2 is 0.946 bits per heavy atom. The first-order valence-electron chi connectivity index (χ1n) is 14.0. The van der Waals surface area contributed by atoms with Gasteiger partial charge in [0.05, 0.1) is 12.4 Å². The van der Waals surface area contributed by atoms with E-state index in [4.69, 9.17) is 0 Å². The quantitative estimate of drug-likeness (QED) is 0.154. The molecule has 222 valence electrons. The maximum Gasteiger partial charge on any atom is 2.00 e. The van der Waals surface area contributed by atoms with E-state index < -0.39 is 0 Å². The fraction of sp³-hybridized carbons (Fsp3) is 0.588. The number of aromatic nitrogens is 1. The van der Waals surface area contributed by atoms with E-state index in [0.29, 0.717) is 0 Å². The van der Waals surface area contributed by atoms with Gasteiger partial charge in [0.1, 0.15) is 0 Å². The van der Waals surface area contributed by atoms with Crippen LogP contribution >= 0.6 is 0 Å². The number of aryl methyl sites for hydroxylation is 2. The van der Waals surface area contributed by atoms with Gasteiger partial charge >= 0.3 is 22.4 Å². The molecule has 1 aromatic carbocycles. The van der Waals surface area contributed by atoms with E-state index >= 15 is 0 Å². The summed E-state index contributed by atoms with van der Waals surface area (Å²) in [5, 5.41) is 0. The van der Waals surface area contributed by atoms with Gasteiger partial charge in [-0.2, -0.15) is 6.92 Å². The molecule has 0 saturated carbocycles. The minimum absolute atomic E-state index is 0. The van der Waals surface area contributed by atoms with Crippen molar-refractivity contribution < 1.29 is 46.4 Å². The third kappa shape index (κ3) is 45.9. The van der Waals surface area contributed by atoms with E-state index in [1.54, 1.807) is 22.6 Å². The van der Waals surface area contributed by atoms with Crippen LogP contribution < -0.4 is 4.57 Å². The molecule has 2 aromatic rings. The van der Waals surface area contributed by atoms with Crippen LogP contribution in [0.4, 0.5) is 0 Å². The second kappa shape index (κ2) is 52.1. The molecule has 0 aliphatic heterocycles. The van der Waals surface area contributed by atoms with Crippen LogP contribution in [0.3, 0.4) is 0 Å². The van der Waals surface area contributed by atoms with Crippen molar-refractivity contribution in [1.82, 2.24) is 0 Å². The van der Waals surface area contributed by atoms with Crippen molar-refractivity contribution >= 4 is 0 Å². The molecule has 1 aliphatic carbocycles. The predicted octanol–water partition coefficient (Wildman–Crippen LogP) is 11.3. The molecule has 1 nitrogen and oxygen atoms in total. The largest absolute Gasteiger partial charge is 2.00 e. The fourth-order valence-corrected chi connectivity index (χ4v) is 2.11. The Balaban J connectivity index is -0.0000000471. The van der Waals surface area contributed by atoms with Crippen LogP contribution in [-0.4, -0.2) is 0 Å². The topological polar surface area (TPSA) is 3.88 Å². The molecule has 1 heterocycles. The van der Waals surface area contributed by atoms with Crippen molar-refractivity contribution in [3.05, 3.63) is 87.4 Å². The molecule has 37 heavy (non-hydrogen) atoms. The fourth-order valence-electron chi connectivity index (χ4n) is 2.11. The number of benzene rings is 1. The van der Waals surface area contributed by atoms with Crippen molar-refractivity contribution in [2.24, 2.45) is 11.8 Å². The molecule has 2 radical (unpaired) electrons. The van der Waals surface area contributed by atoms with Crippen LogP contribution in [0.15, 0.2) is 54.9 Å². The summed E-state index contributed by atoms with van der Waals surface area (Å²) in [7, 11) is 3.64. The van der Waals surface area contributed by atoms with Crippen LogP contribution in [0.5, 0.6) is 0 Å². The third-order valence-corrected chi connectivity index (χ3v) is 4.37. The molecule has 0 unspecified atom stereocenters. The third-order valence-electron chi connectivity index (χ3n) is 4.37. The number of hydrogen-bond donors (Lipinski definition) is 0. The van der Waals surface area contributed by atoms with Gasteiger partial charge in [-0.1, -0.05) is 132 Å². The molecule has 0 amide bonds. The summed E-state index contributed by atoms with van der Waals surface area (Å²) in [4.78, 5) is 0. The second-order valence-corrected chi connectivity index (χ2v) is 7.56. The van der Waals surface area contributed by atoms with Crippen molar-refractivity contribution in [1.29, 1.82) is 0 Å². The molecule has 1 aliphatic rings. The smallest absolute Gasteiger partial charge is 0.358 e. The van der Waals surface area contributed by atoms with Gasteiger partial charge in [0, 0.05) is 26.5 Å². The van der Waals surface area contributed by atoms with Crippen molar-refractivity contribution in [3.8, 4) is 0 Å². The summed E-state index contributed by atoms with van der Waals surface area (Å²) >= 11 is 0. The van der Waals surface area contributed by atoms with E-state index in [9.17, 15) is 0 Å². The molecule has 3 heteroatoms. The average molecular weight is 774 g/mol. The van der Waals surface area contributed by atoms with Crippen molar-refractivity contribution in [2.75, 3.05) is 0 Å². The number of nitrogens with zero attached hydrogens (tertiary/aromatic N) is 1. The number of fused-ring (bicyclic) bond motifs is 1. The minimum Gasteiger partial charge on any atom is -0.358 e.